The molecule has 0 aromatic carbocycles. The van der Waals surface area contributed by atoms with Crippen molar-refractivity contribution in [3.05, 3.63) is 0 Å². The Labute approximate surface area is 111 Å². The topological polar surface area (TPSA) is 0 Å². The summed E-state index contributed by atoms with van der Waals surface area (Å²) >= 11 is -1.22. The van der Waals surface area contributed by atoms with Crippen molar-refractivity contribution in [2.75, 3.05) is 0 Å². The molecule has 0 bridgehead atoms. The van der Waals surface area contributed by atoms with Gasteiger partial charge in [-0.3, -0.25) is 0 Å². The summed E-state index contributed by atoms with van der Waals surface area (Å²) in [6.07, 6.45) is 8.74. The normalized spacial score (nSPS) is 12.4. The molecule has 0 aromatic rings. The molecule has 0 saturated heterocycles. The molecule has 0 spiro atoms. The van der Waals surface area contributed by atoms with E-state index in [4.69, 9.17) is 0 Å². The monoisotopic (exact) mass is 333 g/mol. The van der Waals surface area contributed by atoms with Gasteiger partial charge in [0.25, 0.3) is 0 Å². The quantitative estimate of drug-likeness (QED) is 0.451. The average molecular weight is 332 g/mol. The van der Waals surface area contributed by atoms with Crippen molar-refractivity contribution in [3.8, 4) is 0 Å². The number of rotatable bonds is 9. The summed E-state index contributed by atoms with van der Waals surface area (Å²) in [6.45, 7) is 14.6. The van der Waals surface area contributed by atoms with E-state index in [2.05, 4.69) is 41.5 Å². The van der Waals surface area contributed by atoms with Gasteiger partial charge >= 0.3 is 112 Å². The zero-order chi connectivity index (χ0) is 12.6. The van der Waals surface area contributed by atoms with E-state index in [0.717, 1.165) is 11.8 Å². The van der Waals surface area contributed by atoms with Crippen LogP contribution < -0.4 is 0 Å². The van der Waals surface area contributed by atoms with Crippen LogP contribution in [0.3, 0.4) is 0 Å². The number of hydrogen-bond acceptors (Lipinski definition) is 0. The third kappa shape index (κ3) is 4.58. The van der Waals surface area contributed by atoms with E-state index in [1.165, 1.54) is 38.5 Å². The van der Waals surface area contributed by atoms with E-state index in [0.29, 0.717) is 0 Å². The van der Waals surface area contributed by atoms with Gasteiger partial charge in [0.15, 0.2) is 0 Å². The first kappa shape index (κ1) is 16.8. The van der Waals surface area contributed by atoms with Gasteiger partial charge in [0.2, 0.25) is 0 Å². The fraction of sp³-hybridized carbons (Fsp3) is 1.00. The molecule has 0 saturated carbocycles. The molecule has 1 radical (unpaired) electrons. The minimum absolute atomic E-state index is 1.15. The van der Waals surface area contributed by atoms with Crippen molar-refractivity contribution in [3.63, 3.8) is 0 Å². The Balaban J connectivity index is 4.84. The Kier molecular flexibility index (Phi) is 10.3. The van der Waals surface area contributed by atoms with Crippen LogP contribution in [0.25, 0.3) is 0 Å². The summed E-state index contributed by atoms with van der Waals surface area (Å²) in [4.78, 5) is 0. The van der Waals surface area contributed by atoms with Gasteiger partial charge in [-0.25, -0.2) is 0 Å². The average Bonchev–Trinajstić information content (AvgIpc) is 2.33. The second-order valence-electron chi connectivity index (χ2n) is 5.04. The van der Waals surface area contributed by atoms with Crippen molar-refractivity contribution in [2.24, 2.45) is 0 Å². The first-order valence-corrected chi connectivity index (χ1v) is 12.5. The second-order valence-corrected chi connectivity index (χ2v) is 14.9. The van der Waals surface area contributed by atoms with E-state index in [9.17, 15) is 0 Å². The summed E-state index contributed by atoms with van der Waals surface area (Å²) in [5.74, 6) is 0. The molecule has 1 heteroatoms. The molecule has 0 heterocycles. The van der Waals surface area contributed by atoms with Crippen molar-refractivity contribution < 1.29 is 0 Å². The van der Waals surface area contributed by atoms with Crippen LogP contribution in [0.15, 0.2) is 0 Å². The van der Waals surface area contributed by atoms with Crippen LogP contribution in [0.1, 0.15) is 80.1 Å². The summed E-state index contributed by atoms with van der Waals surface area (Å²) in [5.41, 5.74) is 0. The van der Waals surface area contributed by atoms with Gasteiger partial charge in [0.1, 0.15) is 0 Å². The Hall–Kier alpha value is 0.799. The molecule has 0 fully saturated rings. The second kappa shape index (κ2) is 9.79. The first-order valence-electron chi connectivity index (χ1n) is 7.56. The van der Waals surface area contributed by atoms with Gasteiger partial charge in [-0.15, -0.1) is 0 Å². The van der Waals surface area contributed by atoms with E-state index in [1.54, 1.807) is 0 Å². The Morgan fingerprint density at radius 2 is 0.688 bits per heavy atom. The molecule has 0 aliphatic heterocycles. The fourth-order valence-corrected chi connectivity index (χ4v) is 17.1. The summed E-state index contributed by atoms with van der Waals surface area (Å²) in [6, 6.07) is 0. The summed E-state index contributed by atoms with van der Waals surface area (Å²) in [5, 5.41) is 0. The molecule has 16 heavy (non-hydrogen) atoms. The Morgan fingerprint density at radius 3 is 0.812 bits per heavy atom. The van der Waals surface area contributed by atoms with Crippen LogP contribution in [0, 0.1) is 0 Å². The van der Waals surface area contributed by atoms with Crippen LogP contribution in [-0.4, -0.2) is 19.8 Å². The molecule has 0 aromatic heterocycles. The van der Waals surface area contributed by atoms with E-state index < -0.39 is 19.8 Å². The zero-order valence-electron chi connectivity index (χ0n) is 12.5. The molecule has 0 unspecified atom stereocenters. The van der Waals surface area contributed by atoms with Gasteiger partial charge in [0, 0.05) is 0 Å². The summed E-state index contributed by atoms with van der Waals surface area (Å²) < 4.78 is 3.45. The summed E-state index contributed by atoms with van der Waals surface area (Å²) in [7, 11) is 0. The molecule has 0 N–H and O–H groups in total. The molecule has 0 rings (SSSR count). The van der Waals surface area contributed by atoms with Crippen molar-refractivity contribution >= 4 is 19.8 Å². The molecule has 0 aliphatic carbocycles. The SMILES string of the molecule is CC[CH](CC)[Sn]([CH](CC)CC)[CH](CC)CC. The maximum absolute atomic E-state index is 2.43. The van der Waals surface area contributed by atoms with E-state index in [1.807, 2.05) is 0 Å². The maximum atomic E-state index is 2.43. The molecule has 0 atom stereocenters. The van der Waals surface area contributed by atoms with Gasteiger partial charge in [0.05, 0.1) is 0 Å². The van der Waals surface area contributed by atoms with Crippen LogP contribution in [0.5, 0.6) is 0 Å². The van der Waals surface area contributed by atoms with Crippen molar-refractivity contribution in [2.45, 2.75) is 91.9 Å². The van der Waals surface area contributed by atoms with Crippen LogP contribution in [0.4, 0.5) is 0 Å². The van der Waals surface area contributed by atoms with Gasteiger partial charge in [-0.05, 0) is 0 Å². The predicted molar refractivity (Wildman–Crippen MR) is 78.8 cm³/mol. The van der Waals surface area contributed by atoms with Crippen LogP contribution in [0.2, 0.25) is 11.8 Å². The van der Waals surface area contributed by atoms with Crippen LogP contribution >= 0.6 is 0 Å². The van der Waals surface area contributed by atoms with E-state index in [-0.39, 0.29) is 0 Å². The predicted octanol–water partition coefficient (Wildman–Crippen LogP) is 6.05. The first-order chi connectivity index (χ1) is 7.69. The fourth-order valence-electron chi connectivity index (χ4n) is 3.28. The van der Waals surface area contributed by atoms with E-state index >= 15 is 0 Å². The third-order valence-electron chi connectivity index (χ3n) is 4.37. The molecule has 0 nitrogen and oxygen atoms in total. The van der Waals surface area contributed by atoms with Gasteiger partial charge < -0.3 is 0 Å². The van der Waals surface area contributed by atoms with Crippen LogP contribution in [-0.2, 0) is 0 Å². The zero-order valence-corrected chi connectivity index (χ0v) is 15.3. The standard InChI is InChI=1S/3C5H11.Sn/c3*1-3-5-4-2;/h3*5H,3-4H2,1-2H3;. The molecule has 0 amide bonds. The van der Waals surface area contributed by atoms with Crippen molar-refractivity contribution in [1.29, 1.82) is 0 Å². The van der Waals surface area contributed by atoms with Gasteiger partial charge in [-0.2, -0.15) is 0 Å². The molecule has 97 valence electrons. The molecular formula is C15H33Sn. The third-order valence-corrected chi connectivity index (χ3v) is 19.4. The Bertz CT molecular complexity index is 115. The van der Waals surface area contributed by atoms with Crippen molar-refractivity contribution in [1.82, 2.24) is 0 Å². The van der Waals surface area contributed by atoms with Gasteiger partial charge in [-0.1, -0.05) is 0 Å². The molecular weight excluding hydrogens is 299 g/mol. The Morgan fingerprint density at radius 1 is 0.500 bits per heavy atom. The molecule has 0 aliphatic rings. The minimum atomic E-state index is -1.22. The number of hydrogen-bond donors (Lipinski definition) is 0.